The molecule has 1 fully saturated rings. The Morgan fingerprint density at radius 1 is 0.704 bits per heavy atom. The van der Waals surface area contributed by atoms with Crippen molar-refractivity contribution in [2.24, 2.45) is 0 Å². The lowest BCUT2D eigenvalue weighted by molar-refractivity contribution is -0.257. The Morgan fingerprint density at radius 2 is 1.24 bits per heavy atom. The number of carbonyl (C=O) groups excluding carboxylic acids is 7. The van der Waals surface area contributed by atoms with Crippen molar-refractivity contribution in [3.63, 3.8) is 0 Å². The molecule has 0 aromatic heterocycles. The number of benzene rings is 2. The highest BCUT2D eigenvalue weighted by atomic mass is 16.7. The fraction of sp³-hybridized carbons (Fsp3) is 0.500. The van der Waals surface area contributed by atoms with Gasteiger partial charge in [-0.1, -0.05) is 48.5 Å². The summed E-state index contributed by atoms with van der Waals surface area (Å²) in [6.07, 6.45) is -8.84. The van der Waals surface area contributed by atoms with Crippen molar-refractivity contribution in [1.29, 1.82) is 0 Å². The second-order valence-corrected chi connectivity index (χ2v) is 13.8. The van der Waals surface area contributed by atoms with Crippen molar-refractivity contribution in [2.45, 2.75) is 110 Å². The van der Waals surface area contributed by atoms with E-state index in [9.17, 15) is 33.6 Å². The number of carbonyl (C=O) groups is 7. The highest BCUT2D eigenvalue weighted by molar-refractivity contribution is 5.84. The number of ether oxygens (including phenoxy) is 7. The van der Waals surface area contributed by atoms with E-state index in [1.165, 1.54) is 0 Å². The first kappa shape index (κ1) is 41.2. The quantitative estimate of drug-likeness (QED) is 0.222. The van der Waals surface area contributed by atoms with Gasteiger partial charge in [-0.3, -0.25) is 24.0 Å². The zero-order chi connectivity index (χ0) is 39.7. The maximum Gasteiger partial charge on any atom is 0.407 e. The van der Waals surface area contributed by atoms with Crippen molar-refractivity contribution in [1.82, 2.24) is 10.6 Å². The summed E-state index contributed by atoms with van der Waals surface area (Å²) in [7, 11) is 0. The Hall–Kier alpha value is -5.51. The van der Waals surface area contributed by atoms with Gasteiger partial charge in [-0.25, -0.2) is 9.59 Å². The highest BCUT2D eigenvalue weighted by Gasteiger charge is 2.52. The lowest BCUT2D eigenvalue weighted by Gasteiger charge is -2.44. The maximum absolute atomic E-state index is 13.4. The number of hydrogen-bond donors (Lipinski definition) is 2. The minimum atomic E-state index is -1.53. The van der Waals surface area contributed by atoms with E-state index >= 15 is 0 Å². The molecule has 4 rings (SSSR count). The maximum atomic E-state index is 13.4. The highest BCUT2D eigenvalue weighted by Crippen LogP contribution is 2.44. The van der Waals surface area contributed by atoms with Gasteiger partial charge in [0.2, 0.25) is 5.91 Å². The van der Waals surface area contributed by atoms with Crippen molar-refractivity contribution < 1.29 is 66.7 Å². The summed E-state index contributed by atoms with van der Waals surface area (Å²) in [4.78, 5) is 87.8. The summed E-state index contributed by atoms with van der Waals surface area (Å²) in [5, 5.41) is 5.06. The van der Waals surface area contributed by atoms with Crippen LogP contribution in [0.2, 0.25) is 0 Å². The molecule has 16 heteroatoms. The molecule has 6 atom stereocenters. The topological polar surface area (TPSA) is 208 Å². The van der Waals surface area contributed by atoms with E-state index in [-0.39, 0.29) is 18.9 Å². The predicted molar refractivity (Wildman–Crippen MR) is 187 cm³/mol. The van der Waals surface area contributed by atoms with Crippen LogP contribution in [0.3, 0.4) is 0 Å². The zero-order valence-corrected chi connectivity index (χ0v) is 31.2. The van der Waals surface area contributed by atoms with Crippen LogP contribution in [0.25, 0.3) is 11.1 Å². The first-order valence-electron chi connectivity index (χ1n) is 17.4. The number of amides is 2. The smallest absolute Gasteiger partial charge is 0.407 e. The molecule has 1 saturated heterocycles. The standard InChI is InChI=1S/C38H46N2O14/c1-20(41)48-19-30-32(50-21(2)42)33(51-22(3)43)34(52-23(4)44)35(53-30)40-31(45)17-16-29(36(46)54-38(5,6)7)39-37(47)49-18-28-26-14-10-8-12-24(26)25-13-9-11-15-27(25)28/h8-15,28-30,32-35H,16-19H2,1-7H3,(H,39,47)(H,40,45)/t29-,30+,32+,33-,34-,35+/m0/s1. The SMILES string of the molecule is CC(=O)OC[C@H]1O[C@@H](NC(=O)CC[C@H](NC(=O)OCC2c3ccccc3-c3ccccc32)C(=O)OC(C)(C)C)[C@@H](OC(C)=O)[C@@H](OC(C)=O)[C@@H]1OC(C)=O. The molecule has 1 aliphatic heterocycles. The fourth-order valence-electron chi connectivity index (χ4n) is 6.26. The Kier molecular flexibility index (Phi) is 13.8. The Labute approximate surface area is 312 Å². The predicted octanol–water partition coefficient (Wildman–Crippen LogP) is 3.21. The van der Waals surface area contributed by atoms with Crippen LogP contribution in [0.4, 0.5) is 4.79 Å². The number of fused-ring (bicyclic) bond motifs is 3. The van der Waals surface area contributed by atoms with E-state index in [1.807, 2.05) is 48.5 Å². The second-order valence-electron chi connectivity index (χ2n) is 13.8. The summed E-state index contributed by atoms with van der Waals surface area (Å²) >= 11 is 0. The van der Waals surface area contributed by atoms with E-state index in [0.717, 1.165) is 49.9 Å². The molecule has 1 aliphatic carbocycles. The van der Waals surface area contributed by atoms with Gasteiger partial charge >= 0.3 is 35.9 Å². The molecule has 2 amide bonds. The Morgan fingerprint density at radius 3 is 1.78 bits per heavy atom. The van der Waals surface area contributed by atoms with Crippen molar-refractivity contribution in [3.8, 4) is 11.1 Å². The lowest BCUT2D eigenvalue weighted by atomic mass is 9.97. The van der Waals surface area contributed by atoms with Crippen molar-refractivity contribution in [2.75, 3.05) is 13.2 Å². The minimum Gasteiger partial charge on any atom is -0.463 e. The third-order valence-corrected chi connectivity index (χ3v) is 8.28. The van der Waals surface area contributed by atoms with Gasteiger partial charge in [0.15, 0.2) is 24.5 Å². The lowest BCUT2D eigenvalue weighted by Crippen LogP contribution is -2.66. The number of hydrogen-bond acceptors (Lipinski definition) is 14. The molecule has 16 nitrogen and oxygen atoms in total. The summed E-state index contributed by atoms with van der Waals surface area (Å²) in [5.74, 6) is -5.02. The van der Waals surface area contributed by atoms with Gasteiger partial charge in [-0.15, -0.1) is 0 Å². The number of alkyl carbamates (subject to hydrolysis) is 1. The van der Waals surface area contributed by atoms with E-state index in [2.05, 4.69) is 10.6 Å². The van der Waals surface area contributed by atoms with E-state index in [4.69, 9.17) is 33.2 Å². The molecule has 2 aliphatic rings. The summed E-state index contributed by atoms with van der Waals surface area (Å²) < 4.78 is 38.3. The van der Waals surface area contributed by atoms with Gasteiger partial charge in [0, 0.05) is 40.0 Å². The van der Waals surface area contributed by atoms with Gasteiger partial charge in [-0.2, -0.15) is 0 Å². The molecule has 0 bridgehead atoms. The van der Waals surface area contributed by atoms with Gasteiger partial charge in [0.25, 0.3) is 0 Å². The van der Waals surface area contributed by atoms with Gasteiger partial charge in [-0.05, 0) is 49.4 Å². The normalized spacial score (nSPS) is 20.9. The first-order valence-corrected chi connectivity index (χ1v) is 17.4. The van der Waals surface area contributed by atoms with Crippen molar-refractivity contribution in [3.05, 3.63) is 59.7 Å². The van der Waals surface area contributed by atoms with Crippen LogP contribution in [-0.2, 0) is 61.9 Å². The molecule has 2 N–H and O–H groups in total. The molecule has 0 saturated carbocycles. The average Bonchev–Trinajstić information content (AvgIpc) is 3.39. The summed E-state index contributed by atoms with van der Waals surface area (Å²) in [6, 6.07) is 14.3. The minimum absolute atomic E-state index is 0.0235. The molecule has 0 radical (unpaired) electrons. The van der Waals surface area contributed by atoms with E-state index in [1.54, 1.807) is 20.8 Å². The summed E-state index contributed by atoms with van der Waals surface area (Å²) in [5.41, 5.74) is 3.13. The second kappa shape index (κ2) is 18.0. The molecule has 292 valence electrons. The largest absolute Gasteiger partial charge is 0.463 e. The molecule has 2 aromatic carbocycles. The molecule has 1 heterocycles. The van der Waals surface area contributed by atoms with Crippen LogP contribution in [0.5, 0.6) is 0 Å². The van der Waals surface area contributed by atoms with Crippen LogP contribution in [0.15, 0.2) is 48.5 Å². The average molecular weight is 755 g/mol. The fourth-order valence-corrected chi connectivity index (χ4v) is 6.26. The van der Waals surface area contributed by atoms with E-state index in [0.29, 0.717) is 0 Å². The first-order chi connectivity index (χ1) is 25.4. The van der Waals surface area contributed by atoms with Gasteiger partial charge < -0.3 is 43.8 Å². The third-order valence-electron chi connectivity index (χ3n) is 8.28. The molecule has 2 aromatic rings. The zero-order valence-electron chi connectivity index (χ0n) is 31.2. The van der Waals surface area contributed by atoms with Crippen LogP contribution < -0.4 is 10.6 Å². The van der Waals surface area contributed by atoms with E-state index < -0.39 is 97.2 Å². The number of rotatable bonds is 13. The van der Waals surface area contributed by atoms with Crippen LogP contribution in [0, 0.1) is 0 Å². The molecule has 0 unspecified atom stereocenters. The van der Waals surface area contributed by atoms with Crippen LogP contribution in [0.1, 0.15) is 78.4 Å². The number of esters is 5. The third kappa shape index (κ3) is 11.2. The van der Waals surface area contributed by atoms with Crippen LogP contribution >= 0.6 is 0 Å². The molecule has 54 heavy (non-hydrogen) atoms. The van der Waals surface area contributed by atoms with Gasteiger partial charge in [0.1, 0.15) is 31.0 Å². The molecular formula is C38H46N2O14. The number of nitrogens with one attached hydrogen (secondary N) is 2. The van der Waals surface area contributed by atoms with Crippen LogP contribution in [-0.4, -0.2) is 97.3 Å². The monoisotopic (exact) mass is 754 g/mol. The van der Waals surface area contributed by atoms with Gasteiger partial charge in [0.05, 0.1) is 0 Å². The Bertz CT molecular complexity index is 1690. The van der Waals surface area contributed by atoms with Crippen molar-refractivity contribution >= 4 is 41.8 Å². The Balaban J connectivity index is 1.49. The molecule has 0 spiro atoms. The molecular weight excluding hydrogens is 708 g/mol. The summed E-state index contributed by atoms with van der Waals surface area (Å²) in [6.45, 7) is 8.77.